The maximum atomic E-state index is 12.6. The van der Waals surface area contributed by atoms with E-state index in [4.69, 9.17) is 35.1 Å². The van der Waals surface area contributed by atoms with Crippen LogP contribution >= 0.6 is 22.9 Å². The number of benzene rings is 4. The van der Waals surface area contributed by atoms with E-state index in [0.717, 1.165) is 57.7 Å². The highest BCUT2D eigenvalue weighted by Crippen LogP contribution is 2.33. The number of halogens is 1. The van der Waals surface area contributed by atoms with Gasteiger partial charge >= 0.3 is 0 Å². The number of phenols is 1. The molecule has 1 saturated heterocycles. The number of hydrazone groups is 1. The highest BCUT2D eigenvalue weighted by molar-refractivity contribution is 7.09. The van der Waals surface area contributed by atoms with E-state index in [9.17, 15) is 9.90 Å². The van der Waals surface area contributed by atoms with Gasteiger partial charge in [0.25, 0.3) is 5.91 Å². The summed E-state index contributed by atoms with van der Waals surface area (Å²) in [6.07, 6.45) is 2.08. The third kappa shape index (κ3) is 10.3. The topological polar surface area (TPSA) is 157 Å². The summed E-state index contributed by atoms with van der Waals surface area (Å²) in [5, 5.41) is 22.4. The standard InChI is InChI=1S/C41H38ClN7O7S/c42-31-7-10-33(11-8-31)52-23-27-1-4-29(5-2-27)41-45-39(56-47-41)22-49-15-13-48(14-16-49)21-38(51)46-43-20-30-6-9-34(19-35(30)50)53-24-32-25-57-40(44-32)18-28-3-12-36-37(17-28)55-26-54-36/h1-12,17,19-20,25,50H,13-16,18,21-24,26H2,(H,46,51). The van der Waals surface area contributed by atoms with Crippen LogP contribution in [-0.4, -0.2) is 81.7 Å². The number of phenolic OH excluding ortho intramolecular Hbond substituents is 1. The number of ether oxygens (including phenoxy) is 4. The zero-order valence-electron chi connectivity index (χ0n) is 30.7. The number of hydrogen-bond donors (Lipinski definition) is 2. The van der Waals surface area contributed by atoms with Gasteiger partial charge in [-0.2, -0.15) is 10.1 Å². The predicted octanol–water partition coefficient (Wildman–Crippen LogP) is 6.30. The fraction of sp³-hybridized carbons (Fsp3) is 0.244. The first kappa shape index (κ1) is 37.9. The number of amides is 1. The highest BCUT2D eigenvalue weighted by Gasteiger charge is 2.21. The second-order valence-corrected chi connectivity index (χ2v) is 14.8. The Morgan fingerprint density at radius 3 is 2.46 bits per heavy atom. The average molecular weight is 808 g/mol. The summed E-state index contributed by atoms with van der Waals surface area (Å²) < 4.78 is 28.1. The van der Waals surface area contributed by atoms with Crippen molar-refractivity contribution in [1.82, 2.24) is 30.4 Å². The molecule has 0 spiro atoms. The lowest BCUT2D eigenvalue weighted by Gasteiger charge is -2.33. The normalized spacial score (nSPS) is 14.3. The van der Waals surface area contributed by atoms with E-state index < -0.39 is 0 Å². The van der Waals surface area contributed by atoms with Gasteiger partial charge < -0.3 is 28.6 Å². The van der Waals surface area contributed by atoms with Crippen molar-refractivity contribution in [2.45, 2.75) is 26.2 Å². The Morgan fingerprint density at radius 1 is 0.877 bits per heavy atom. The summed E-state index contributed by atoms with van der Waals surface area (Å²) in [6, 6.07) is 25.9. The Morgan fingerprint density at radius 2 is 1.63 bits per heavy atom. The van der Waals surface area contributed by atoms with Crippen LogP contribution in [0.2, 0.25) is 5.02 Å². The SMILES string of the molecule is O=C(CN1CCN(Cc2nc(-c3ccc(COc4ccc(Cl)cc4)cc3)no2)CC1)NN=Cc1ccc(OCc2csc(Cc3ccc4c(c3)OCO4)n2)cc1O. The van der Waals surface area contributed by atoms with Gasteiger partial charge in [-0.1, -0.05) is 47.1 Å². The monoisotopic (exact) mass is 807 g/mol. The number of thiazole rings is 1. The van der Waals surface area contributed by atoms with Crippen LogP contribution in [0.1, 0.15) is 33.3 Å². The lowest BCUT2D eigenvalue weighted by atomic mass is 10.1. The lowest BCUT2D eigenvalue weighted by molar-refractivity contribution is -0.122. The number of carbonyl (C=O) groups is 1. The molecule has 2 aliphatic heterocycles. The van der Waals surface area contributed by atoms with E-state index in [1.54, 1.807) is 35.6 Å². The first-order valence-electron chi connectivity index (χ1n) is 18.2. The quantitative estimate of drug-likeness (QED) is 0.0884. The van der Waals surface area contributed by atoms with Gasteiger partial charge in [0.2, 0.25) is 18.5 Å². The maximum absolute atomic E-state index is 12.6. The molecule has 2 aliphatic rings. The molecule has 0 atom stereocenters. The van der Waals surface area contributed by atoms with E-state index in [0.29, 0.717) is 60.7 Å². The minimum Gasteiger partial charge on any atom is -0.507 e. The smallest absolute Gasteiger partial charge is 0.254 e. The van der Waals surface area contributed by atoms with Crippen LogP contribution in [0, 0.1) is 0 Å². The molecule has 1 amide bonds. The molecular weight excluding hydrogens is 770 g/mol. The number of hydrogen-bond acceptors (Lipinski definition) is 14. The molecule has 0 unspecified atom stereocenters. The average Bonchev–Trinajstić information content (AvgIpc) is 4.00. The number of nitrogens with zero attached hydrogens (tertiary/aromatic N) is 6. The van der Waals surface area contributed by atoms with Gasteiger partial charge in [-0.05, 0) is 59.7 Å². The van der Waals surface area contributed by atoms with Crippen molar-refractivity contribution in [2.24, 2.45) is 5.10 Å². The minimum absolute atomic E-state index is 0.0222. The number of fused-ring (bicyclic) bond motifs is 1. The molecule has 57 heavy (non-hydrogen) atoms. The molecule has 0 aliphatic carbocycles. The summed E-state index contributed by atoms with van der Waals surface area (Å²) in [7, 11) is 0. The molecule has 14 nitrogen and oxygen atoms in total. The molecule has 4 heterocycles. The van der Waals surface area contributed by atoms with Crippen molar-refractivity contribution < 1.29 is 33.4 Å². The molecule has 8 rings (SSSR count). The van der Waals surface area contributed by atoms with Crippen LogP contribution in [0.25, 0.3) is 11.4 Å². The fourth-order valence-electron chi connectivity index (χ4n) is 6.19. The third-order valence-electron chi connectivity index (χ3n) is 9.26. The van der Waals surface area contributed by atoms with Crippen LogP contribution < -0.4 is 24.4 Å². The van der Waals surface area contributed by atoms with E-state index in [-0.39, 0.29) is 31.6 Å². The first-order chi connectivity index (χ1) is 27.9. The summed E-state index contributed by atoms with van der Waals surface area (Å²) in [4.78, 5) is 26.2. The van der Waals surface area contributed by atoms with Crippen LogP contribution in [-0.2, 0) is 31.0 Å². The molecule has 16 heteroatoms. The molecule has 0 radical (unpaired) electrons. The van der Waals surface area contributed by atoms with Crippen molar-refractivity contribution in [3.63, 3.8) is 0 Å². The lowest BCUT2D eigenvalue weighted by Crippen LogP contribution is -2.48. The van der Waals surface area contributed by atoms with Crippen molar-refractivity contribution in [3.8, 4) is 40.1 Å². The number of rotatable bonds is 15. The van der Waals surface area contributed by atoms with Crippen LogP contribution in [0.3, 0.4) is 0 Å². The van der Waals surface area contributed by atoms with E-state index in [1.807, 2.05) is 60.0 Å². The largest absolute Gasteiger partial charge is 0.507 e. The van der Waals surface area contributed by atoms with E-state index in [2.05, 4.69) is 35.5 Å². The number of aromatic hydroxyl groups is 1. The fourth-order valence-corrected chi connectivity index (χ4v) is 7.13. The van der Waals surface area contributed by atoms with Gasteiger partial charge in [0.05, 0.1) is 30.0 Å². The second kappa shape index (κ2) is 17.9. The van der Waals surface area contributed by atoms with E-state index in [1.165, 1.54) is 12.3 Å². The molecule has 2 N–H and O–H groups in total. The zero-order chi connectivity index (χ0) is 39.0. The summed E-state index contributed by atoms with van der Waals surface area (Å²) >= 11 is 7.50. The first-order valence-corrected chi connectivity index (χ1v) is 19.5. The second-order valence-electron chi connectivity index (χ2n) is 13.4. The maximum Gasteiger partial charge on any atom is 0.254 e. The molecule has 2 aromatic heterocycles. The van der Waals surface area contributed by atoms with Crippen molar-refractivity contribution in [3.05, 3.63) is 129 Å². The van der Waals surface area contributed by atoms with Gasteiger partial charge in [-0.3, -0.25) is 14.6 Å². The summed E-state index contributed by atoms with van der Waals surface area (Å²) in [6.45, 7) is 4.52. The van der Waals surface area contributed by atoms with Gasteiger partial charge in [-0.15, -0.1) is 11.3 Å². The molecule has 0 saturated carbocycles. The van der Waals surface area contributed by atoms with E-state index >= 15 is 0 Å². The number of aromatic nitrogens is 3. The minimum atomic E-state index is -0.246. The van der Waals surface area contributed by atoms with Gasteiger partial charge in [0.15, 0.2) is 11.5 Å². The van der Waals surface area contributed by atoms with Crippen molar-refractivity contribution >= 4 is 35.1 Å². The molecule has 292 valence electrons. The van der Waals surface area contributed by atoms with Crippen LogP contribution in [0.15, 0.2) is 99.9 Å². The Labute approximate surface area is 337 Å². The highest BCUT2D eigenvalue weighted by atomic mass is 35.5. The van der Waals surface area contributed by atoms with Crippen LogP contribution in [0.4, 0.5) is 0 Å². The van der Waals surface area contributed by atoms with Gasteiger partial charge in [-0.25, -0.2) is 10.4 Å². The Bertz CT molecular complexity index is 2330. The summed E-state index contributed by atoms with van der Waals surface area (Å²) in [5.74, 6) is 3.54. The van der Waals surface area contributed by atoms with Gasteiger partial charge in [0, 0.05) is 60.2 Å². The van der Waals surface area contributed by atoms with Crippen molar-refractivity contribution in [1.29, 1.82) is 0 Å². The van der Waals surface area contributed by atoms with Crippen molar-refractivity contribution in [2.75, 3.05) is 39.5 Å². The molecular formula is C41H38ClN7O7S. The Hall–Kier alpha value is -6.00. The summed E-state index contributed by atoms with van der Waals surface area (Å²) in [5.41, 5.74) is 6.75. The van der Waals surface area contributed by atoms with Crippen LogP contribution in [0.5, 0.6) is 28.7 Å². The molecule has 4 aromatic carbocycles. The molecule has 6 aromatic rings. The Kier molecular flexibility index (Phi) is 11.9. The predicted molar refractivity (Wildman–Crippen MR) is 213 cm³/mol. The third-order valence-corrected chi connectivity index (χ3v) is 10.4. The Balaban J connectivity index is 0.727. The number of nitrogens with one attached hydrogen (secondary N) is 1. The number of piperazine rings is 1. The molecule has 1 fully saturated rings. The number of carbonyl (C=O) groups excluding carboxylic acids is 1. The van der Waals surface area contributed by atoms with Gasteiger partial charge in [0.1, 0.15) is 30.5 Å². The zero-order valence-corrected chi connectivity index (χ0v) is 32.2. The molecule has 0 bridgehead atoms.